The molecule has 0 aromatic carbocycles. The Kier molecular flexibility index (Phi) is 5.62. The van der Waals surface area contributed by atoms with Crippen LogP contribution in [0.5, 0.6) is 0 Å². The predicted octanol–water partition coefficient (Wildman–Crippen LogP) is 2.78. The van der Waals surface area contributed by atoms with Crippen molar-refractivity contribution in [3.63, 3.8) is 0 Å². The Labute approximate surface area is 142 Å². The predicted molar refractivity (Wildman–Crippen MR) is 75.1 cm³/mol. The molecule has 1 aliphatic rings. The minimum atomic E-state index is -5.77. The quantitative estimate of drug-likeness (QED) is 0.302. The van der Waals surface area contributed by atoms with Crippen LogP contribution in [-0.4, -0.2) is 51.4 Å². The summed E-state index contributed by atoms with van der Waals surface area (Å²) in [4.78, 5) is 11.8. The van der Waals surface area contributed by atoms with Crippen molar-refractivity contribution in [2.45, 2.75) is 54.1 Å². The highest BCUT2D eigenvalue weighted by molar-refractivity contribution is 14.1. The Hall–Kier alpha value is -0.270. The number of carbonyl (C=O) groups is 1. The minimum absolute atomic E-state index is 0.315. The Morgan fingerprint density at radius 1 is 1.35 bits per heavy atom. The summed E-state index contributed by atoms with van der Waals surface area (Å²) in [5.41, 5.74) is -2.91. The molecule has 1 fully saturated rings. The molecule has 23 heavy (non-hydrogen) atoms. The number of hydrogen-bond donors (Lipinski definition) is 1. The zero-order valence-electron chi connectivity index (χ0n) is 12.5. The first-order chi connectivity index (χ1) is 10.1. The smallest absolute Gasteiger partial charge is 0.449 e. The van der Waals surface area contributed by atoms with Gasteiger partial charge in [-0.25, -0.2) is 0 Å². The highest BCUT2D eigenvalue weighted by Crippen LogP contribution is 2.52. The summed E-state index contributed by atoms with van der Waals surface area (Å²) in [6, 6.07) is 0. The number of ether oxygens (including phenoxy) is 3. The van der Waals surface area contributed by atoms with E-state index in [1.165, 1.54) is 6.92 Å². The van der Waals surface area contributed by atoms with Crippen LogP contribution in [0, 0.1) is 0 Å². The molecule has 1 rings (SSSR count). The Bertz CT molecular complexity index is 469. The molecule has 11 heteroatoms. The van der Waals surface area contributed by atoms with Crippen molar-refractivity contribution < 1.29 is 46.1 Å². The van der Waals surface area contributed by atoms with Gasteiger partial charge in [0.05, 0.1) is 0 Å². The van der Waals surface area contributed by atoms with E-state index < -0.39 is 46.3 Å². The molecular weight excluding hydrogens is 446 g/mol. The van der Waals surface area contributed by atoms with Gasteiger partial charge in [0.25, 0.3) is 0 Å². The van der Waals surface area contributed by atoms with Crippen molar-refractivity contribution in [2.75, 3.05) is 13.4 Å². The molecule has 3 atom stereocenters. The molecule has 0 amide bonds. The second-order valence-corrected chi connectivity index (χ2v) is 7.86. The SMILES string of the molecule is CCC(C)(I)C(=O)OCC1(C)OCOC(O)(C(F)(F)F)C1(F)F. The van der Waals surface area contributed by atoms with Crippen LogP contribution >= 0.6 is 22.6 Å². The van der Waals surface area contributed by atoms with Crippen LogP contribution in [0.2, 0.25) is 0 Å². The molecule has 0 aromatic heterocycles. The van der Waals surface area contributed by atoms with E-state index in [0.29, 0.717) is 13.3 Å². The van der Waals surface area contributed by atoms with E-state index in [0.717, 1.165) is 0 Å². The third-order valence-electron chi connectivity index (χ3n) is 3.69. The molecular formula is C12H16F5IO5. The molecule has 1 saturated heterocycles. The summed E-state index contributed by atoms with van der Waals surface area (Å²) in [6.07, 6.45) is -5.46. The lowest BCUT2D eigenvalue weighted by molar-refractivity contribution is -0.501. The van der Waals surface area contributed by atoms with Gasteiger partial charge in [-0.1, -0.05) is 29.5 Å². The van der Waals surface area contributed by atoms with E-state index in [4.69, 9.17) is 4.74 Å². The molecule has 0 aliphatic carbocycles. The molecule has 3 unspecified atom stereocenters. The Balaban J connectivity index is 3.03. The number of halogens is 6. The Morgan fingerprint density at radius 3 is 2.30 bits per heavy atom. The normalized spacial score (nSPS) is 33.8. The third-order valence-corrected chi connectivity index (χ3v) is 4.89. The summed E-state index contributed by atoms with van der Waals surface area (Å²) in [6.45, 7) is 1.31. The molecule has 0 saturated carbocycles. The summed E-state index contributed by atoms with van der Waals surface area (Å²) in [7, 11) is 0. The number of rotatable bonds is 4. The molecule has 5 nitrogen and oxygen atoms in total. The van der Waals surface area contributed by atoms with Crippen molar-refractivity contribution in [1.29, 1.82) is 0 Å². The molecule has 1 N–H and O–H groups in total. The lowest BCUT2D eigenvalue weighted by Gasteiger charge is -2.48. The van der Waals surface area contributed by atoms with E-state index in [9.17, 15) is 31.9 Å². The number of aliphatic hydroxyl groups is 1. The average molecular weight is 462 g/mol. The molecule has 1 aliphatic heterocycles. The monoisotopic (exact) mass is 462 g/mol. The fourth-order valence-electron chi connectivity index (χ4n) is 1.67. The second-order valence-electron chi connectivity index (χ2n) is 5.48. The fraction of sp³-hybridized carbons (Fsp3) is 0.917. The fourth-order valence-corrected chi connectivity index (χ4v) is 1.83. The van der Waals surface area contributed by atoms with E-state index >= 15 is 0 Å². The van der Waals surface area contributed by atoms with Crippen molar-refractivity contribution >= 4 is 28.6 Å². The van der Waals surface area contributed by atoms with Gasteiger partial charge < -0.3 is 19.3 Å². The average Bonchev–Trinajstić information content (AvgIpc) is 2.41. The van der Waals surface area contributed by atoms with E-state index in [2.05, 4.69) is 9.47 Å². The Morgan fingerprint density at radius 2 is 1.87 bits per heavy atom. The summed E-state index contributed by atoms with van der Waals surface area (Å²) in [5, 5.41) is 9.32. The summed E-state index contributed by atoms with van der Waals surface area (Å²) < 4.78 is 78.8. The maximum atomic E-state index is 14.2. The van der Waals surface area contributed by atoms with E-state index in [1.54, 1.807) is 29.5 Å². The maximum Gasteiger partial charge on any atom is 0.449 e. The minimum Gasteiger partial charge on any atom is -0.461 e. The van der Waals surface area contributed by atoms with Crippen LogP contribution in [-0.2, 0) is 19.0 Å². The number of esters is 1. The van der Waals surface area contributed by atoms with Crippen LogP contribution in [0.3, 0.4) is 0 Å². The van der Waals surface area contributed by atoms with Gasteiger partial charge >= 0.3 is 23.9 Å². The van der Waals surface area contributed by atoms with Crippen LogP contribution < -0.4 is 0 Å². The molecule has 136 valence electrons. The highest BCUT2D eigenvalue weighted by Gasteiger charge is 2.79. The van der Waals surface area contributed by atoms with Crippen LogP contribution in [0.25, 0.3) is 0 Å². The van der Waals surface area contributed by atoms with Crippen LogP contribution in [0.1, 0.15) is 27.2 Å². The zero-order chi connectivity index (χ0) is 18.3. The van der Waals surface area contributed by atoms with Gasteiger partial charge in [-0.3, -0.25) is 4.79 Å². The lowest BCUT2D eigenvalue weighted by atomic mass is 9.89. The largest absolute Gasteiger partial charge is 0.461 e. The van der Waals surface area contributed by atoms with Crippen molar-refractivity contribution in [3.05, 3.63) is 0 Å². The van der Waals surface area contributed by atoms with Crippen LogP contribution in [0.15, 0.2) is 0 Å². The van der Waals surface area contributed by atoms with Gasteiger partial charge in [-0.05, 0) is 20.3 Å². The summed E-state index contributed by atoms with van der Waals surface area (Å²) in [5.74, 6) is -10.5. The molecule has 0 radical (unpaired) electrons. The first kappa shape index (κ1) is 20.8. The van der Waals surface area contributed by atoms with E-state index in [1.807, 2.05) is 0 Å². The molecule has 0 bridgehead atoms. The topological polar surface area (TPSA) is 65.0 Å². The van der Waals surface area contributed by atoms with Crippen molar-refractivity contribution in [3.8, 4) is 0 Å². The van der Waals surface area contributed by atoms with Gasteiger partial charge in [0.15, 0.2) is 12.4 Å². The highest BCUT2D eigenvalue weighted by atomic mass is 127. The molecule has 0 aromatic rings. The van der Waals surface area contributed by atoms with E-state index in [-0.39, 0.29) is 0 Å². The van der Waals surface area contributed by atoms with Crippen LogP contribution in [0.4, 0.5) is 22.0 Å². The first-order valence-electron chi connectivity index (χ1n) is 6.45. The molecule has 1 heterocycles. The number of alkyl halides is 6. The zero-order valence-corrected chi connectivity index (χ0v) is 14.6. The van der Waals surface area contributed by atoms with Gasteiger partial charge in [-0.2, -0.15) is 22.0 Å². The standard InChI is InChI=1S/C12H16F5IO5/c1-4-8(2,18)7(19)21-5-9(3)10(13,14)11(20,12(15,16)17)23-6-22-9/h20H,4-6H2,1-3H3. The van der Waals surface area contributed by atoms with Crippen molar-refractivity contribution in [2.24, 2.45) is 0 Å². The van der Waals surface area contributed by atoms with Gasteiger partial charge in [0.1, 0.15) is 10.0 Å². The van der Waals surface area contributed by atoms with Crippen molar-refractivity contribution in [1.82, 2.24) is 0 Å². The maximum absolute atomic E-state index is 14.2. The van der Waals surface area contributed by atoms with Gasteiger partial charge in [-0.15, -0.1) is 0 Å². The summed E-state index contributed by atoms with van der Waals surface area (Å²) >= 11 is 1.74. The van der Waals surface area contributed by atoms with Gasteiger partial charge in [0.2, 0.25) is 0 Å². The number of carbonyl (C=O) groups excluding carboxylic acids is 1. The number of hydrogen-bond acceptors (Lipinski definition) is 5. The lowest BCUT2D eigenvalue weighted by Crippen LogP contribution is -2.74. The first-order valence-corrected chi connectivity index (χ1v) is 7.53. The molecule has 0 spiro atoms. The third kappa shape index (κ3) is 3.42. The van der Waals surface area contributed by atoms with Gasteiger partial charge in [0, 0.05) is 0 Å². The second kappa shape index (κ2) is 6.23.